The smallest absolute Gasteiger partial charge is 0.0310 e. The molecule has 0 aromatic carbocycles. The first-order valence-corrected chi connectivity index (χ1v) is 6.20. The third-order valence-electron chi connectivity index (χ3n) is 2.20. The highest BCUT2D eigenvalue weighted by atomic mass is 14.1. The van der Waals surface area contributed by atoms with E-state index in [4.69, 9.17) is 0 Å². The van der Waals surface area contributed by atoms with Gasteiger partial charge in [0.15, 0.2) is 0 Å². The minimum atomic E-state index is 0.745. The molecule has 0 rings (SSSR count). The van der Waals surface area contributed by atoms with E-state index in [0.29, 0.717) is 0 Å². The highest BCUT2D eigenvalue weighted by Gasteiger charge is 2.01. The maximum Gasteiger partial charge on any atom is -0.0310 e. The minimum Gasteiger partial charge on any atom is -0.103 e. The lowest BCUT2D eigenvalue weighted by Gasteiger charge is -2.08. The first kappa shape index (κ1) is 17.4. The van der Waals surface area contributed by atoms with E-state index in [-0.39, 0.29) is 0 Å². The van der Waals surface area contributed by atoms with Crippen LogP contribution in [0.25, 0.3) is 0 Å². The molecule has 0 aliphatic rings. The van der Waals surface area contributed by atoms with Crippen LogP contribution in [0.15, 0.2) is 49.6 Å². The summed E-state index contributed by atoms with van der Waals surface area (Å²) < 4.78 is 0. The summed E-state index contributed by atoms with van der Waals surface area (Å²) in [7, 11) is 0. The maximum atomic E-state index is 3.77. The van der Waals surface area contributed by atoms with E-state index in [2.05, 4.69) is 58.2 Å². The van der Waals surface area contributed by atoms with Gasteiger partial charge in [0.25, 0.3) is 0 Å². The van der Waals surface area contributed by atoms with Crippen molar-refractivity contribution in [2.75, 3.05) is 0 Å². The molecule has 0 aromatic rings. The predicted octanol–water partition coefficient (Wildman–Crippen LogP) is 5.69. The average Bonchev–Trinajstić information content (AvgIpc) is 2.33. The molecule has 0 heteroatoms. The molecule has 92 valence electrons. The molecule has 0 fully saturated rings. The van der Waals surface area contributed by atoms with Crippen molar-refractivity contribution < 1.29 is 0 Å². The van der Waals surface area contributed by atoms with E-state index in [9.17, 15) is 0 Å². The summed E-state index contributed by atoms with van der Waals surface area (Å²) >= 11 is 0. The number of allylic oxidation sites excluding steroid dienone is 6. The number of hydrogen-bond acceptors (Lipinski definition) is 0. The summed E-state index contributed by atoms with van der Waals surface area (Å²) in [5.41, 5.74) is 0. The molecule has 0 aromatic heterocycles. The lowest BCUT2D eigenvalue weighted by molar-refractivity contribution is 0.550. The lowest BCUT2D eigenvalue weighted by Crippen LogP contribution is -1.95. The van der Waals surface area contributed by atoms with Gasteiger partial charge in [0, 0.05) is 0 Å². The van der Waals surface area contributed by atoms with Crippen LogP contribution in [0.3, 0.4) is 0 Å². The summed E-state index contributed by atoms with van der Waals surface area (Å²) in [5, 5.41) is 0. The Morgan fingerprint density at radius 1 is 0.875 bits per heavy atom. The molecule has 0 saturated heterocycles. The van der Waals surface area contributed by atoms with Crippen LogP contribution < -0.4 is 0 Å². The fraction of sp³-hybridized carbons (Fsp3) is 0.500. The molecule has 0 aliphatic heterocycles. The van der Waals surface area contributed by atoms with Crippen LogP contribution in [0.1, 0.15) is 46.5 Å². The molecule has 0 bridgehead atoms. The minimum absolute atomic E-state index is 0.745. The largest absolute Gasteiger partial charge is 0.103 e. The van der Waals surface area contributed by atoms with E-state index < -0.39 is 0 Å². The third kappa shape index (κ3) is 15.4. The van der Waals surface area contributed by atoms with Crippen LogP contribution >= 0.6 is 0 Å². The molecule has 0 saturated carbocycles. The van der Waals surface area contributed by atoms with Crippen molar-refractivity contribution in [1.82, 2.24) is 0 Å². The van der Waals surface area contributed by atoms with Crippen LogP contribution in [0.4, 0.5) is 0 Å². The van der Waals surface area contributed by atoms with E-state index in [1.165, 1.54) is 12.8 Å². The first-order valence-electron chi connectivity index (χ1n) is 6.20. The second-order valence-corrected chi connectivity index (χ2v) is 3.70. The van der Waals surface area contributed by atoms with Gasteiger partial charge >= 0.3 is 0 Å². The van der Waals surface area contributed by atoms with E-state index in [1.807, 2.05) is 12.2 Å². The monoisotopic (exact) mass is 220 g/mol. The van der Waals surface area contributed by atoms with E-state index >= 15 is 0 Å². The predicted molar refractivity (Wildman–Crippen MR) is 77.7 cm³/mol. The quantitative estimate of drug-likeness (QED) is 0.483. The van der Waals surface area contributed by atoms with Crippen molar-refractivity contribution in [2.24, 2.45) is 5.92 Å². The summed E-state index contributed by atoms with van der Waals surface area (Å²) in [6.45, 7) is 13.5. The SMILES string of the molecule is C=CCC.C=CCC(C/C=C\C)C/C=C/C. The van der Waals surface area contributed by atoms with Crippen LogP contribution in [-0.2, 0) is 0 Å². The summed E-state index contributed by atoms with van der Waals surface area (Å²) in [6.07, 6.45) is 17.1. The van der Waals surface area contributed by atoms with Crippen LogP contribution in [0, 0.1) is 5.92 Å². The topological polar surface area (TPSA) is 0 Å². The van der Waals surface area contributed by atoms with Crippen molar-refractivity contribution in [3.63, 3.8) is 0 Å². The molecular formula is C16H28. The van der Waals surface area contributed by atoms with Gasteiger partial charge in [-0.05, 0) is 45.4 Å². The third-order valence-corrected chi connectivity index (χ3v) is 2.20. The Morgan fingerprint density at radius 3 is 1.56 bits per heavy atom. The van der Waals surface area contributed by atoms with Crippen LogP contribution in [-0.4, -0.2) is 0 Å². The first-order chi connectivity index (χ1) is 7.76. The van der Waals surface area contributed by atoms with Crippen LogP contribution in [0.2, 0.25) is 0 Å². The summed E-state index contributed by atoms with van der Waals surface area (Å²) in [4.78, 5) is 0. The van der Waals surface area contributed by atoms with E-state index in [0.717, 1.165) is 18.8 Å². The second-order valence-electron chi connectivity index (χ2n) is 3.70. The van der Waals surface area contributed by atoms with Crippen molar-refractivity contribution in [2.45, 2.75) is 46.5 Å². The molecule has 0 heterocycles. The normalized spacial score (nSPS) is 12.2. The van der Waals surface area contributed by atoms with Crippen molar-refractivity contribution in [1.29, 1.82) is 0 Å². The second kappa shape index (κ2) is 16.4. The fourth-order valence-corrected chi connectivity index (χ4v) is 1.18. The molecule has 1 unspecified atom stereocenters. The summed E-state index contributed by atoms with van der Waals surface area (Å²) in [6, 6.07) is 0. The molecule has 0 N–H and O–H groups in total. The van der Waals surface area contributed by atoms with Crippen molar-refractivity contribution in [3.8, 4) is 0 Å². The molecule has 0 spiro atoms. The Hall–Kier alpha value is -1.04. The standard InChI is InChI=1S/C12H20.C4H8/c1-4-7-10-12(9-6-3)11-8-5-2;1-3-4-2/h4-8,12H,3,9-11H2,1-2H3;3H,1,4H2,2H3/b7-4-,8-5+;. The Kier molecular flexibility index (Phi) is 17.8. The molecule has 16 heavy (non-hydrogen) atoms. The molecule has 0 aliphatic carbocycles. The highest BCUT2D eigenvalue weighted by Crippen LogP contribution is 2.15. The average molecular weight is 220 g/mol. The van der Waals surface area contributed by atoms with Gasteiger partial charge in [-0.3, -0.25) is 0 Å². The number of rotatable bonds is 7. The Morgan fingerprint density at radius 2 is 1.31 bits per heavy atom. The lowest BCUT2D eigenvalue weighted by atomic mass is 9.97. The zero-order valence-corrected chi connectivity index (χ0v) is 11.3. The van der Waals surface area contributed by atoms with Crippen molar-refractivity contribution in [3.05, 3.63) is 49.6 Å². The van der Waals surface area contributed by atoms with Crippen molar-refractivity contribution >= 4 is 0 Å². The van der Waals surface area contributed by atoms with Gasteiger partial charge in [0.2, 0.25) is 0 Å². The van der Waals surface area contributed by atoms with Gasteiger partial charge in [0.05, 0.1) is 0 Å². The Bertz CT molecular complexity index is 182. The highest BCUT2D eigenvalue weighted by molar-refractivity contribution is 4.88. The molecule has 0 amide bonds. The molecular weight excluding hydrogens is 192 g/mol. The van der Waals surface area contributed by atoms with Gasteiger partial charge < -0.3 is 0 Å². The van der Waals surface area contributed by atoms with Gasteiger partial charge in [-0.15, -0.1) is 13.2 Å². The fourth-order valence-electron chi connectivity index (χ4n) is 1.18. The van der Waals surface area contributed by atoms with Crippen LogP contribution in [0.5, 0.6) is 0 Å². The van der Waals surface area contributed by atoms with Gasteiger partial charge in [-0.25, -0.2) is 0 Å². The Balaban J connectivity index is 0. The molecule has 0 nitrogen and oxygen atoms in total. The number of hydrogen-bond donors (Lipinski definition) is 0. The van der Waals surface area contributed by atoms with Gasteiger partial charge in [-0.1, -0.05) is 43.4 Å². The van der Waals surface area contributed by atoms with Gasteiger partial charge in [0.1, 0.15) is 0 Å². The Labute approximate surface area is 102 Å². The zero-order chi connectivity index (χ0) is 12.6. The maximum absolute atomic E-state index is 3.77. The molecule has 0 radical (unpaired) electrons. The zero-order valence-electron chi connectivity index (χ0n) is 11.3. The summed E-state index contributed by atoms with van der Waals surface area (Å²) in [5.74, 6) is 0.745. The van der Waals surface area contributed by atoms with E-state index in [1.54, 1.807) is 0 Å². The molecule has 1 atom stereocenters. The van der Waals surface area contributed by atoms with Gasteiger partial charge in [-0.2, -0.15) is 0 Å².